The minimum Gasteiger partial charge on any atom is -0.496 e. The summed E-state index contributed by atoms with van der Waals surface area (Å²) < 4.78 is 48.8. The average molecular weight is 300 g/mol. The molecule has 21 heavy (non-hydrogen) atoms. The number of ether oxygens (including phenoxy) is 2. The number of nitro benzene ring substituents is 1. The maximum absolute atomic E-state index is 13.4. The van der Waals surface area contributed by atoms with Crippen LogP contribution in [-0.4, -0.2) is 17.0 Å². The molecule has 0 spiro atoms. The van der Waals surface area contributed by atoms with Crippen LogP contribution >= 0.6 is 0 Å². The standard InChI is InChI=1S/C12H7F3N2O4/c1-20-6-2-3-10(9(4-6)17(18)19)21-12-8(14)5-7(13)11(15)16-12/h2-5H,1H3. The summed E-state index contributed by atoms with van der Waals surface area (Å²) in [6, 6.07) is 3.71. The van der Waals surface area contributed by atoms with E-state index in [1.165, 1.54) is 13.2 Å². The highest BCUT2D eigenvalue weighted by atomic mass is 19.2. The third-order valence-electron chi connectivity index (χ3n) is 2.42. The van der Waals surface area contributed by atoms with E-state index in [9.17, 15) is 23.3 Å². The van der Waals surface area contributed by atoms with Crippen LogP contribution in [0.2, 0.25) is 0 Å². The van der Waals surface area contributed by atoms with Crippen molar-refractivity contribution in [3.05, 3.63) is 52.0 Å². The van der Waals surface area contributed by atoms with E-state index in [4.69, 9.17) is 9.47 Å². The molecule has 0 amide bonds. The van der Waals surface area contributed by atoms with Crippen molar-refractivity contribution in [2.45, 2.75) is 0 Å². The number of rotatable bonds is 4. The fourth-order valence-corrected chi connectivity index (χ4v) is 1.46. The molecule has 1 aromatic heterocycles. The number of nitro groups is 1. The van der Waals surface area contributed by atoms with Gasteiger partial charge in [0.25, 0.3) is 11.8 Å². The van der Waals surface area contributed by atoms with E-state index < -0.39 is 39.8 Å². The number of hydrogen-bond donors (Lipinski definition) is 0. The maximum atomic E-state index is 13.4. The van der Waals surface area contributed by atoms with Gasteiger partial charge in [-0.3, -0.25) is 10.1 Å². The Morgan fingerprint density at radius 1 is 1.19 bits per heavy atom. The first-order valence-corrected chi connectivity index (χ1v) is 5.44. The van der Waals surface area contributed by atoms with Crippen LogP contribution in [-0.2, 0) is 0 Å². The Morgan fingerprint density at radius 2 is 1.90 bits per heavy atom. The molecular weight excluding hydrogens is 293 g/mol. The zero-order valence-corrected chi connectivity index (χ0v) is 10.5. The number of pyridine rings is 1. The lowest BCUT2D eigenvalue weighted by atomic mass is 10.3. The van der Waals surface area contributed by atoms with Gasteiger partial charge in [0.1, 0.15) is 5.75 Å². The summed E-state index contributed by atoms with van der Waals surface area (Å²) >= 11 is 0. The third kappa shape index (κ3) is 3.02. The largest absolute Gasteiger partial charge is 0.496 e. The molecule has 0 atom stereocenters. The molecule has 1 aromatic carbocycles. The molecule has 0 bridgehead atoms. The van der Waals surface area contributed by atoms with Gasteiger partial charge in [-0.15, -0.1) is 0 Å². The van der Waals surface area contributed by atoms with Gasteiger partial charge in [-0.1, -0.05) is 0 Å². The van der Waals surface area contributed by atoms with E-state index in [1.54, 1.807) is 0 Å². The molecule has 0 aliphatic carbocycles. The Balaban J connectivity index is 2.44. The van der Waals surface area contributed by atoms with Gasteiger partial charge in [-0.25, -0.2) is 8.78 Å². The zero-order valence-electron chi connectivity index (χ0n) is 10.5. The Labute approximate surface area is 115 Å². The molecule has 2 aromatic rings. The summed E-state index contributed by atoms with van der Waals surface area (Å²) in [5, 5.41) is 10.9. The molecule has 110 valence electrons. The molecule has 0 saturated carbocycles. The van der Waals surface area contributed by atoms with E-state index in [0.29, 0.717) is 0 Å². The van der Waals surface area contributed by atoms with Gasteiger partial charge in [0.2, 0.25) is 5.75 Å². The number of nitrogens with zero attached hydrogens (tertiary/aromatic N) is 2. The summed E-state index contributed by atoms with van der Waals surface area (Å²) in [5.41, 5.74) is -0.541. The van der Waals surface area contributed by atoms with Gasteiger partial charge in [-0.05, 0) is 12.1 Å². The predicted octanol–water partition coefficient (Wildman–Crippen LogP) is 3.21. The van der Waals surface area contributed by atoms with Gasteiger partial charge in [-0.2, -0.15) is 9.37 Å². The van der Waals surface area contributed by atoms with Crippen molar-refractivity contribution in [2.75, 3.05) is 7.11 Å². The van der Waals surface area contributed by atoms with Crippen LogP contribution in [0.1, 0.15) is 0 Å². The highest BCUT2D eigenvalue weighted by Crippen LogP contribution is 2.34. The van der Waals surface area contributed by atoms with E-state index in [-0.39, 0.29) is 11.8 Å². The fourth-order valence-electron chi connectivity index (χ4n) is 1.46. The third-order valence-corrected chi connectivity index (χ3v) is 2.42. The van der Waals surface area contributed by atoms with E-state index in [2.05, 4.69) is 4.98 Å². The van der Waals surface area contributed by atoms with Crippen molar-refractivity contribution in [1.82, 2.24) is 4.98 Å². The fraction of sp³-hybridized carbons (Fsp3) is 0.0833. The number of halogens is 3. The SMILES string of the molecule is COc1ccc(Oc2nc(F)c(F)cc2F)c([N+](=O)[O-])c1. The van der Waals surface area contributed by atoms with E-state index >= 15 is 0 Å². The minimum absolute atomic E-state index is 0.174. The molecule has 0 fully saturated rings. The van der Waals surface area contributed by atoms with E-state index in [1.807, 2.05) is 0 Å². The monoisotopic (exact) mass is 300 g/mol. The molecule has 0 saturated heterocycles. The van der Waals surface area contributed by atoms with Crippen molar-refractivity contribution in [2.24, 2.45) is 0 Å². The molecule has 0 radical (unpaired) electrons. The van der Waals surface area contributed by atoms with Crippen LogP contribution in [0.4, 0.5) is 18.9 Å². The molecular formula is C12H7F3N2O4. The molecule has 0 aliphatic rings. The number of aromatic nitrogens is 1. The lowest BCUT2D eigenvalue weighted by Gasteiger charge is -2.07. The second kappa shape index (κ2) is 5.65. The predicted molar refractivity (Wildman–Crippen MR) is 63.8 cm³/mol. The first kappa shape index (κ1) is 14.6. The van der Waals surface area contributed by atoms with Crippen LogP contribution in [0.5, 0.6) is 17.4 Å². The molecule has 0 unspecified atom stereocenters. The van der Waals surface area contributed by atoms with Crippen molar-refractivity contribution in [3.8, 4) is 17.4 Å². The minimum atomic E-state index is -1.58. The summed E-state index contributed by atoms with van der Waals surface area (Å²) in [6.45, 7) is 0. The summed E-state index contributed by atoms with van der Waals surface area (Å²) in [7, 11) is 1.30. The van der Waals surface area contributed by atoms with Crippen molar-refractivity contribution < 1.29 is 27.6 Å². The lowest BCUT2D eigenvalue weighted by Crippen LogP contribution is -2.00. The highest BCUT2D eigenvalue weighted by Gasteiger charge is 2.20. The topological polar surface area (TPSA) is 74.5 Å². The van der Waals surface area contributed by atoms with Crippen molar-refractivity contribution in [3.63, 3.8) is 0 Å². The quantitative estimate of drug-likeness (QED) is 0.492. The Morgan fingerprint density at radius 3 is 2.52 bits per heavy atom. The first-order chi connectivity index (χ1) is 9.92. The Kier molecular flexibility index (Phi) is 3.92. The zero-order chi connectivity index (χ0) is 15.6. The van der Waals surface area contributed by atoms with Crippen LogP contribution in [0, 0.1) is 27.7 Å². The van der Waals surface area contributed by atoms with Crippen LogP contribution in [0.25, 0.3) is 0 Å². The summed E-state index contributed by atoms with van der Waals surface area (Å²) in [6.07, 6.45) is 0. The van der Waals surface area contributed by atoms with Crippen LogP contribution in [0.15, 0.2) is 24.3 Å². The molecule has 0 aliphatic heterocycles. The summed E-state index contributed by atoms with van der Waals surface area (Å²) in [5.74, 6) is -5.50. The van der Waals surface area contributed by atoms with E-state index in [0.717, 1.165) is 12.1 Å². The number of benzene rings is 1. The first-order valence-electron chi connectivity index (χ1n) is 5.44. The Hall–Kier alpha value is -2.84. The molecule has 0 N–H and O–H groups in total. The normalized spacial score (nSPS) is 10.3. The molecule has 6 nitrogen and oxygen atoms in total. The highest BCUT2D eigenvalue weighted by molar-refractivity contribution is 5.52. The second-order valence-electron chi connectivity index (χ2n) is 3.74. The van der Waals surface area contributed by atoms with Crippen molar-refractivity contribution >= 4 is 5.69 Å². The van der Waals surface area contributed by atoms with Gasteiger partial charge in [0, 0.05) is 6.07 Å². The van der Waals surface area contributed by atoms with Gasteiger partial charge in [0.15, 0.2) is 11.6 Å². The van der Waals surface area contributed by atoms with Gasteiger partial charge < -0.3 is 9.47 Å². The average Bonchev–Trinajstić information content (AvgIpc) is 2.44. The molecule has 1 heterocycles. The molecule has 9 heteroatoms. The van der Waals surface area contributed by atoms with Crippen LogP contribution < -0.4 is 9.47 Å². The lowest BCUT2D eigenvalue weighted by molar-refractivity contribution is -0.385. The smallest absolute Gasteiger partial charge is 0.315 e. The second-order valence-corrected chi connectivity index (χ2v) is 3.74. The van der Waals surface area contributed by atoms with Gasteiger partial charge in [0.05, 0.1) is 18.1 Å². The maximum Gasteiger partial charge on any atom is 0.315 e. The summed E-state index contributed by atoms with van der Waals surface area (Å²) in [4.78, 5) is 13.0. The number of methoxy groups -OCH3 is 1. The molecule has 2 rings (SSSR count). The van der Waals surface area contributed by atoms with Gasteiger partial charge >= 0.3 is 5.69 Å². The Bertz CT molecular complexity index is 709. The van der Waals surface area contributed by atoms with Crippen molar-refractivity contribution in [1.29, 1.82) is 0 Å². The van der Waals surface area contributed by atoms with Crippen LogP contribution in [0.3, 0.4) is 0 Å². The number of hydrogen-bond acceptors (Lipinski definition) is 5.